The Labute approximate surface area is 93.4 Å². The van der Waals surface area contributed by atoms with Crippen LogP contribution in [0.4, 0.5) is 0 Å². The Balaban J connectivity index is 2.06. The van der Waals surface area contributed by atoms with E-state index in [-0.39, 0.29) is 0 Å². The third-order valence-electron chi connectivity index (χ3n) is 3.00. The predicted octanol–water partition coefficient (Wildman–Crippen LogP) is 3.30. The highest BCUT2D eigenvalue weighted by molar-refractivity contribution is 8.00. The fourth-order valence-corrected chi connectivity index (χ4v) is 2.64. The molecule has 1 fully saturated rings. The summed E-state index contributed by atoms with van der Waals surface area (Å²) >= 11 is 2.07. The van der Waals surface area contributed by atoms with Gasteiger partial charge in [0.2, 0.25) is 0 Å². The van der Waals surface area contributed by atoms with Crippen molar-refractivity contribution in [1.29, 1.82) is 0 Å². The second-order valence-electron chi connectivity index (χ2n) is 4.44. The summed E-state index contributed by atoms with van der Waals surface area (Å²) in [5, 5.41) is 3.69. The number of thioether (sulfide) groups is 1. The molecular formula is C12H25NS. The molecule has 0 amide bonds. The smallest absolute Gasteiger partial charge is 0.0248 e. The quantitative estimate of drug-likeness (QED) is 0.667. The van der Waals surface area contributed by atoms with Crippen molar-refractivity contribution < 1.29 is 0 Å². The summed E-state index contributed by atoms with van der Waals surface area (Å²) < 4.78 is 0. The van der Waals surface area contributed by atoms with Crippen LogP contribution in [0.2, 0.25) is 0 Å². The van der Waals surface area contributed by atoms with E-state index >= 15 is 0 Å². The van der Waals surface area contributed by atoms with Crippen LogP contribution in [0.15, 0.2) is 0 Å². The minimum atomic E-state index is 0.834. The summed E-state index contributed by atoms with van der Waals surface area (Å²) in [6.45, 7) is 5.86. The molecule has 1 unspecified atom stereocenters. The Bertz CT molecular complexity index is 134. The highest BCUT2D eigenvalue weighted by Gasteiger charge is 2.18. The maximum Gasteiger partial charge on any atom is 0.0248 e. The zero-order valence-electron chi connectivity index (χ0n) is 9.72. The van der Waals surface area contributed by atoms with Gasteiger partial charge < -0.3 is 5.32 Å². The number of hydrogen-bond donors (Lipinski definition) is 1. The zero-order valence-corrected chi connectivity index (χ0v) is 10.5. The largest absolute Gasteiger partial charge is 0.312 e. The van der Waals surface area contributed by atoms with Crippen molar-refractivity contribution in [2.75, 3.05) is 18.1 Å². The first-order valence-corrected chi connectivity index (χ1v) is 7.33. The molecule has 1 rings (SSSR count). The number of rotatable bonds is 8. The molecule has 1 atom stereocenters. The van der Waals surface area contributed by atoms with Crippen LogP contribution in [-0.2, 0) is 0 Å². The van der Waals surface area contributed by atoms with Gasteiger partial charge in [0.05, 0.1) is 0 Å². The van der Waals surface area contributed by atoms with Crippen LogP contribution in [0.25, 0.3) is 0 Å². The van der Waals surface area contributed by atoms with E-state index in [0.717, 1.165) is 12.0 Å². The van der Waals surface area contributed by atoms with Crippen molar-refractivity contribution in [2.24, 2.45) is 5.92 Å². The summed E-state index contributed by atoms with van der Waals surface area (Å²) in [5.74, 6) is 3.62. The average molecular weight is 215 g/mol. The molecule has 0 aromatic heterocycles. The molecule has 0 bridgehead atoms. The first-order chi connectivity index (χ1) is 6.86. The van der Waals surface area contributed by atoms with E-state index in [1.165, 1.54) is 50.2 Å². The molecule has 1 N–H and O–H groups in total. The fourth-order valence-electron chi connectivity index (χ4n) is 1.94. The molecule has 0 saturated carbocycles. The standard InChI is InChI=1S/C12H25NS/c1-3-5-7-11(6-4-2)8-13-12-9-14-10-12/h11-13H,3-10H2,1-2H3. The highest BCUT2D eigenvalue weighted by atomic mass is 32.2. The van der Waals surface area contributed by atoms with Gasteiger partial charge in [-0.05, 0) is 25.3 Å². The van der Waals surface area contributed by atoms with Crippen molar-refractivity contribution in [1.82, 2.24) is 5.32 Å². The van der Waals surface area contributed by atoms with E-state index in [9.17, 15) is 0 Å². The third kappa shape index (κ3) is 4.70. The molecule has 0 spiro atoms. The summed E-state index contributed by atoms with van der Waals surface area (Å²) in [7, 11) is 0. The average Bonchev–Trinajstić information content (AvgIpc) is 2.11. The Morgan fingerprint density at radius 2 is 2.00 bits per heavy atom. The van der Waals surface area contributed by atoms with Gasteiger partial charge in [0, 0.05) is 17.5 Å². The monoisotopic (exact) mass is 215 g/mol. The summed E-state index contributed by atoms with van der Waals surface area (Å²) in [6.07, 6.45) is 6.94. The molecule has 1 aliphatic rings. The maximum atomic E-state index is 3.69. The first kappa shape index (κ1) is 12.4. The predicted molar refractivity (Wildman–Crippen MR) is 67.0 cm³/mol. The summed E-state index contributed by atoms with van der Waals surface area (Å²) in [5.41, 5.74) is 0. The second-order valence-corrected chi connectivity index (χ2v) is 5.51. The molecule has 14 heavy (non-hydrogen) atoms. The minimum Gasteiger partial charge on any atom is -0.312 e. The van der Waals surface area contributed by atoms with E-state index in [4.69, 9.17) is 0 Å². The summed E-state index contributed by atoms with van der Waals surface area (Å²) in [4.78, 5) is 0. The van der Waals surface area contributed by atoms with Crippen molar-refractivity contribution >= 4 is 11.8 Å². The van der Waals surface area contributed by atoms with E-state index in [1.54, 1.807) is 0 Å². The van der Waals surface area contributed by atoms with Gasteiger partial charge >= 0.3 is 0 Å². The molecule has 84 valence electrons. The fraction of sp³-hybridized carbons (Fsp3) is 1.00. The molecule has 1 saturated heterocycles. The zero-order chi connectivity index (χ0) is 10.2. The molecule has 0 aromatic rings. The molecule has 0 aliphatic carbocycles. The topological polar surface area (TPSA) is 12.0 Å². The number of hydrogen-bond acceptors (Lipinski definition) is 2. The lowest BCUT2D eigenvalue weighted by Crippen LogP contribution is -2.42. The normalized spacial score (nSPS) is 19.3. The van der Waals surface area contributed by atoms with Gasteiger partial charge in [0.15, 0.2) is 0 Å². The Hall–Kier alpha value is 0.310. The van der Waals surface area contributed by atoms with Gasteiger partial charge in [-0.1, -0.05) is 33.1 Å². The molecule has 1 nitrogen and oxygen atoms in total. The van der Waals surface area contributed by atoms with Crippen molar-refractivity contribution in [3.05, 3.63) is 0 Å². The van der Waals surface area contributed by atoms with Gasteiger partial charge in [-0.15, -0.1) is 0 Å². The lowest BCUT2D eigenvalue weighted by Gasteiger charge is -2.28. The van der Waals surface area contributed by atoms with Crippen LogP contribution in [0.1, 0.15) is 46.0 Å². The van der Waals surface area contributed by atoms with Gasteiger partial charge in [0.25, 0.3) is 0 Å². The number of unbranched alkanes of at least 4 members (excludes halogenated alkanes) is 1. The Morgan fingerprint density at radius 1 is 1.21 bits per heavy atom. The molecule has 1 aliphatic heterocycles. The van der Waals surface area contributed by atoms with Crippen molar-refractivity contribution in [2.45, 2.75) is 52.0 Å². The molecule has 1 heterocycles. The van der Waals surface area contributed by atoms with Gasteiger partial charge in [-0.2, -0.15) is 11.8 Å². The van der Waals surface area contributed by atoms with Crippen LogP contribution in [0.5, 0.6) is 0 Å². The van der Waals surface area contributed by atoms with Crippen LogP contribution in [0.3, 0.4) is 0 Å². The third-order valence-corrected chi connectivity index (χ3v) is 4.27. The lowest BCUT2D eigenvalue weighted by atomic mass is 9.97. The molecular weight excluding hydrogens is 190 g/mol. The SMILES string of the molecule is CCCCC(CCC)CNC1CSC1. The Morgan fingerprint density at radius 3 is 2.50 bits per heavy atom. The number of nitrogens with one attached hydrogen (secondary N) is 1. The maximum absolute atomic E-state index is 3.69. The van der Waals surface area contributed by atoms with E-state index in [0.29, 0.717) is 0 Å². The van der Waals surface area contributed by atoms with E-state index in [2.05, 4.69) is 30.9 Å². The minimum absolute atomic E-state index is 0.834. The van der Waals surface area contributed by atoms with Crippen LogP contribution >= 0.6 is 11.8 Å². The van der Waals surface area contributed by atoms with Gasteiger partial charge in [-0.3, -0.25) is 0 Å². The molecule has 0 aromatic carbocycles. The molecule has 2 heteroatoms. The summed E-state index contributed by atoms with van der Waals surface area (Å²) in [6, 6.07) is 0.834. The van der Waals surface area contributed by atoms with E-state index < -0.39 is 0 Å². The van der Waals surface area contributed by atoms with Gasteiger partial charge in [-0.25, -0.2) is 0 Å². The molecule has 0 radical (unpaired) electrons. The first-order valence-electron chi connectivity index (χ1n) is 6.18. The van der Waals surface area contributed by atoms with Crippen LogP contribution < -0.4 is 5.32 Å². The second kappa shape index (κ2) is 7.58. The van der Waals surface area contributed by atoms with Crippen molar-refractivity contribution in [3.8, 4) is 0 Å². The van der Waals surface area contributed by atoms with Crippen LogP contribution in [-0.4, -0.2) is 24.1 Å². The van der Waals surface area contributed by atoms with Gasteiger partial charge in [0.1, 0.15) is 0 Å². The Kier molecular flexibility index (Phi) is 6.70. The highest BCUT2D eigenvalue weighted by Crippen LogP contribution is 2.19. The van der Waals surface area contributed by atoms with Crippen LogP contribution in [0, 0.1) is 5.92 Å². The van der Waals surface area contributed by atoms with Crippen molar-refractivity contribution in [3.63, 3.8) is 0 Å². The lowest BCUT2D eigenvalue weighted by molar-refractivity contribution is 0.386. The van der Waals surface area contributed by atoms with E-state index in [1.807, 2.05) is 0 Å².